The van der Waals surface area contributed by atoms with E-state index in [0.29, 0.717) is 11.4 Å². The maximum absolute atomic E-state index is 12.7. The van der Waals surface area contributed by atoms with Crippen LogP contribution in [0, 0.1) is 0 Å². The summed E-state index contributed by atoms with van der Waals surface area (Å²) in [6.07, 6.45) is 1.04. The SMILES string of the molecule is CS(=O)(=O)Nc1ccc(C(=O)Nc2ccccc2Sc2ccccc2)c(Cl)c1. The van der Waals surface area contributed by atoms with Crippen molar-refractivity contribution >= 4 is 50.7 Å². The zero-order valence-corrected chi connectivity index (χ0v) is 17.2. The summed E-state index contributed by atoms with van der Waals surface area (Å²) < 4.78 is 25.0. The minimum Gasteiger partial charge on any atom is -0.321 e. The van der Waals surface area contributed by atoms with Crippen molar-refractivity contribution < 1.29 is 13.2 Å². The number of amides is 1. The molecule has 0 bridgehead atoms. The van der Waals surface area contributed by atoms with Crippen LogP contribution in [0.3, 0.4) is 0 Å². The molecular formula is C20H17ClN2O3S2. The summed E-state index contributed by atoms with van der Waals surface area (Å²) in [6.45, 7) is 0. The molecule has 3 rings (SSSR count). The Bertz CT molecular complexity index is 1100. The van der Waals surface area contributed by atoms with E-state index in [1.807, 2.05) is 54.6 Å². The van der Waals surface area contributed by atoms with Crippen LogP contribution in [0.25, 0.3) is 0 Å². The molecule has 3 aromatic carbocycles. The molecule has 144 valence electrons. The summed E-state index contributed by atoms with van der Waals surface area (Å²) >= 11 is 7.73. The van der Waals surface area contributed by atoms with E-state index >= 15 is 0 Å². The van der Waals surface area contributed by atoms with E-state index < -0.39 is 10.0 Å². The molecule has 0 aliphatic rings. The molecule has 8 heteroatoms. The number of hydrogen-bond acceptors (Lipinski definition) is 4. The lowest BCUT2D eigenvalue weighted by Gasteiger charge is -2.12. The van der Waals surface area contributed by atoms with Gasteiger partial charge in [-0.2, -0.15) is 0 Å². The average Bonchev–Trinajstić information content (AvgIpc) is 2.63. The number of nitrogens with one attached hydrogen (secondary N) is 2. The predicted octanol–water partition coefficient (Wildman–Crippen LogP) is 5.12. The highest BCUT2D eigenvalue weighted by molar-refractivity contribution is 7.99. The third-order valence-corrected chi connectivity index (χ3v) is 5.63. The van der Waals surface area contributed by atoms with E-state index in [4.69, 9.17) is 11.6 Å². The molecule has 0 aliphatic carbocycles. The van der Waals surface area contributed by atoms with Gasteiger partial charge in [-0.3, -0.25) is 9.52 Å². The molecular weight excluding hydrogens is 416 g/mol. The summed E-state index contributed by atoms with van der Waals surface area (Å²) in [7, 11) is -3.42. The molecule has 0 radical (unpaired) electrons. The molecule has 2 N–H and O–H groups in total. The first-order valence-electron chi connectivity index (χ1n) is 8.22. The van der Waals surface area contributed by atoms with Gasteiger partial charge in [-0.1, -0.05) is 53.7 Å². The molecule has 3 aromatic rings. The number of hydrogen-bond donors (Lipinski definition) is 2. The van der Waals surface area contributed by atoms with Crippen LogP contribution in [0.4, 0.5) is 11.4 Å². The lowest BCUT2D eigenvalue weighted by Crippen LogP contribution is -2.14. The summed E-state index contributed by atoms with van der Waals surface area (Å²) in [5, 5.41) is 3.02. The van der Waals surface area contributed by atoms with E-state index in [2.05, 4.69) is 10.0 Å². The number of para-hydroxylation sites is 1. The summed E-state index contributed by atoms with van der Waals surface area (Å²) in [5.41, 5.74) is 1.21. The second kappa shape index (κ2) is 8.68. The first-order chi connectivity index (χ1) is 13.3. The maximum Gasteiger partial charge on any atom is 0.257 e. The molecule has 1 amide bonds. The fraction of sp³-hybridized carbons (Fsp3) is 0.0500. The zero-order chi connectivity index (χ0) is 20.1. The average molecular weight is 433 g/mol. The van der Waals surface area contributed by atoms with Crippen molar-refractivity contribution in [2.45, 2.75) is 9.79 Å². The minimum atomic E-state index is -3.42. The Kier molecular flexibility index (Phi) is 6.28. The van der Waals surface area contributed by atoms with E-state index in [1.165, 1.54) is 30.0 Å². The number of carbonyl (C=O) groups excluding carboxylic acids is 1. The molecule has 0 unspecified atom stereocenters. The number of rotatable bonds is 6. The number of halogens is 1. The first kappa shape index (κ1) is 20.3. The Morgan fingerprint density at radius 1 is 0.964 bits per heavy atom. The molecule has 0 saturated carbocycles. The van der Waals surface area contributed by atoms with Crippen molar-refractivity contribution in [2.75, 3.05) is 16.3 Å². The van der Waals surface area contributed by atoms with Crippen molar-refractivity contribution in [2.24, 2.45) is 0 Å². The fourth-order valence-electron chi connectivity index (χ4n) is 2.44. The van der Waals surface area contributed by atoms with Crippen LogP contribution in [0.5, 0.6) is 0 Å². The molecule has 0 saturated heterocycles. The van der Waals surface area contributed by atoms with Gasteiger partial charge in [0.25, 0.3) is 5.91 Å². The zero-order valence-electron chi connectivity index (χ0n) is 14.8. The van der Waals surface area contributed by atoms with Gasteiger partial charge in [0.2, 0.25) is 10.0 Å². The number of anilines is 2. The Morgan fingerprint density at radius 3 is 2.32 bits per heavy atom. The number of benzene rings is 3. The van der Waals surface area contributed by atoms with Crippen LogP contribution in [0.1, 0.15) is 10.4 Å². The minimum absolute atomic E-state index is 0.152. The number of carbonyl (C=O) groups is 1. The molecule has 5 nitrogen and oxygen atoms in total. The summed E-state index contributed by atoms with van der Waals surface area (Å²) in [6, 6.07) is 21.7. The van der Waals surface area contributed by atoms with Gasteiger partial charge in [0.1, 0.15) is 0 Å². The molecule has 0 fully saturated rings. The quantitative estimate of drug-likeness (QED) is 0.567. The molecule has 0 aromatic heterocycles. The van der Waals surface area contributed by atoms with Crippen LogP contribution in [-0.4, -0.2) is 20.6 Å². The topological polar surface area (TPSA) is 75.3 Å². The highest BCUT2D eigenvalue weighted by Gasteiger charge is 2.14. The van der Waals surface area contributed by atoms with Gasteiger partial charge in [0.05, 0.1) is 22.5 Å². The third-order valence-electron chi connectivity index (χ3n) is 3.62. The van der Waals surface area contributed by atoms with Gasteiger partial charge < -0.3 is 5.32 Å². The van der Waals surface area contributed by atoms with Crippen LogP contribution in [0.15, 0.2) is 82.6 Å². The molecule has 0 aliphatic heterocycles. The second-order valence-electron chi connectivity index (χ2n) is 5.93. The van der Waals surface area contributed by atoms with Crippen molar-refractivity contribution in [1.82, 2.24) is 0 Å². The lowest BCUT2D eigenvalue weighted by molar-refractivity contribution is 0.102. The van der Waals surface area contributed by atoms with Gasteiger partial charge in [-0.15, -0.1) is 0 Å². The number of sulfonamides is 1. The van der Waals surface area contributed by atoms with Crippen molar-refractivity contribution in [3.05, 3.63) is 83.4 Å². The Morgan fingerprint density at radius 2 is 1.64 bits per heavy atom. The fourth-order valence-corrected chi connectivity index (χ4v) is 4.19. The molecule has 0 spiro atoms. The highest BCUT2D eigenvalue weighted by Crippen LogP contribution is 2.33. The Balaban J connectivity index is 1.80. The van der Waals surface area contributed by atoms with Gasteiger partial charge in [-0.05, 0) is 42.5 Å². The summed E-state index contributed by atoms with van der Waals surface area (Å²) in [5.74, 6) is -0.378. The normalized spacial score (nSPS) is 11.1. The molecule has 0 atom stereocenters. The Hall–Kier alpha value is -2.48. The summed E-state index contributed by atoms with van der Waals surface area (Å²) in [4.78, 5) is 14.6. The third kappa shape index (κ3) is 5.51. The van der Waals surface area contributed by atoms with Crippen LogP contribution >= 0.6 is 23.4 Å². The highest BCUT2D eigenvalue weighted by atomic mass is 35.5. The standard InChI is InChI=1S/C20H17ClN2O3S2/c1-28(25,26)23-14-11-12-16(17(21)13-14)20(24)22-18-9-5-6-10-19(18)27-15-7-3-2-4-8-15/h2-13,23H,1H3,(H,22,24). The smallest absolute Gasteiger partial charge is 0.257 e. The van der Waals surface area contributed by atoms with Crippen molar-refractivity contribution in [1.29, 1.82) is 0 Å². The van der Waals surface area contributed by atoms with Gasteiger partial charge >= 0.3 is 0 Å². The molecule has 0 heterocycles. The van der Waals surface area contributed by atoms with Crippen LogP contribution < -0.4 is 10.0 Å². The second-order valence-corrected chi connectivity index (χ2v) is 9.21. The van der Waals surface area contributed by atoms with Gasteiger partial charge in [0.15, 0.2) is 0 Å². The Labute approximate surface area is 173 Å². The maximum atomic E-state index is 12.7. The largest absolute Gasteiger partial charge is 0.321 e. The van der Waals surface area contributed by atoms with Gasteiger partial charge in [-0.25, -0.2) is 8.42 Å². The van der Waals surface area contributed by atoms with Crippen LogP contribution in [-0.2, 0) is 10.0 Å². The molecule has 28 heavy (non-hydrogen) atoms. The van der Waals surface area contributed by atoms with Crippen molar-refractivity contribution in [3.8, 4) is 0 Å². The predicted molar refractivity (Wildman–Crippen MR) is 115 cm³/mol. The first-order valence-corrected chi connectivity index (χ1v) is 11.3. The van der Waals surface area contributed by atoms with Gasteiger partial charge in [0, 0.05) is 15.5 Å². The van der Waals surface area contributed by atoms with Crippen molar-refractivity contribution in [3.63, 3.8) is 0 Å². The van der Waals surface area contributed by atoms with E-state index in [0.717, 1.165) is 16.0 Å². The monoisotopic (exact) mass is 432 g/mol. The van der Waals surface area contributed by atoms with E-state index in [9.17, 15) is 13.2 Å². The van der Waals surface area contributed by atoms with Crippen LogP contribution in [0.2, 0.25) is 5.02 Å². The van der Waals surface area contributed by atoms with E-state index in [-0.39, 0.29) is 16.5 Å². The lowest BCUT2D eigenvalue weighted by atomic mass is 10.2. The van der Waals surface area contributed by atoms with E-state index in [1.54, 1.807) is 0 Å².